The summed E-state index contributed by atoms with van der Waals surface area (Å²) in [5.74, 6) is 0.426. The number of fused-ring (bicyclic) bond motifs is 1. The molecule has 2 aromatic carbocycles. The number of aromatic nitrogens is 2. The standard InChI is InChI=1S/C26H25FN2O3/c1-2-16-10-12-17(13-11-16)22-23-25(31-19-7-5-6-18(30)14-19)28-15-29-26(23)32-24(22)20-8-3-4-9-21(20)27/h3-4,8-13,15,18-19,30H,2,5-7,14H2,1H3/t18-,19+/m1/s1. The summed E-state index contributed by atoms with van der Waals surface area (Å²) in [6.07, 6.45) is 4.91. The number of aliphatic hydroxyl groups is 1. The van der Waals surface area contributed by atoms with E-state index in [1.807, 2.05) is 12.1 Å². The molecule has 0 unspecified atom stereocenters. The van der Waals surface area contributed by atoms with Gasteiger partial charge >= 0.3 is 0 Å². The van der Waals surface area contributed by atoms with Crippen LogP contribution in [0.15, 0.2) is 59.3 Å². The van der Waals surface area contributed by atoms with Gasteiger partial charge in [0, 0.05) is 12.0 Å². The van der Waals surface area contributed by atoms with Crippen LogP contribution in [0.25, 0.3) is 33.6 Å². The van der Waals surface area contributed by atoms with Gasteiger partial charge < -0.3 is 14.3 Å². The molecule has 1 saturated carbocycles. The van der Waals surface area contributed by atoms with Crippen LogP contribution in [0.4, 0.5) is 4.39 Å². The molecule has 4 aromatic rings. The van der Waals surface area contributed by atoms with Crippen LogP contribution in [0.1, 0.15) is 38.2 Å². The third kappa shape index (κ3) is 3.86. The zero-order valence-electron chi connectivity index (χ0n) is 17.9. The number of hydrogen-bond acceptors (Lipinski definition) is 5. The number of halogens is 1. The second-order valence-corrected chi connectivity index (χ2v) is 8.26. The van der Waals surface area contributed by atoms with E-state index in [9.17, 15) is 9.50 Å². The molecule has 6 heteroatoms. The summed E-state index contributed by atoms with van der Waals surface area (Å²) in [7, 11) is 0. The summed E-state index contributed by atoms with van der Waals surface area (Å²) in [6.45, 7) is 2.10. The van der Waals surface area contributed by atoms with E-state index < -0.39 is 0 Å². The smallest absolute Gasteiger partial charge is 0.234 e. The first-order valence-electron chi connectivity index (χ1n) is 11.1. The maximum atomic E-state index is 14.8. The average Bonchev–Trinajstić information content (AvgIpc) is 3.20. The third-order valence-electron chi connectivity index (χ3n) is 6.10. The Balaban J connectivity index is 1.70. The highest BCUT2D eigenvalue weighted by Gasteiger charge is 2.27. The van der Waals surface area contributed by atoms with Crippen molar-refractivity contribution in [2.24, 2.45) is 0 Å². The van der Waals surface area contributed by atoms with E-state index in [1.54, 1.807) is 18.2 Å². The van der Waals surface area contributed by atoms with E-state index in [1.165, 1.54) is 18.0 Å². The Labute approximate surface area is 185 Å². The minimum atomic E-state index is -0.371. The van der Waals surface area contributed by atoms with Gasteiger partial charge in [0.1, 0.15) is 29.4 Å². The predicted octanol–water partition coefficient (Wildman–Crippen LogP) is 5.94. The van der Waals surface area contributed by atoms with Gasteiger partial charge in [-0.3, -0.25) is 0 Å². The predicted molar refractivity (Wildman–Crippen MR) is 121 cm³/mol. The average molecular weight is 432 g/mol. The van der Waals surface area contributed by atoms with Crippen LogP contribution in [-0.2, 0) is 6.42 Å². The van der Waals surface area contributed by atoms with Crippen molar-refractivity contribution in [1.29, 1.82) is 0 Å². The van der Waals surface area contributed by atoms with Gasteiger partial charge in [-0.2, -0.15) is 0 Å². The fourth-order valence-corrected chi connectivity index (χ4v) is 4.40. The number of benzene rings is 2. The third-order valence-corrected chi connectivity index (χ3v) is 6.10. The molecule has 1 aliphatic rings. The van der Waals surface area contributed by atoms with Gasteiger partial charge in [-0.1, -0.05) is 43.3 Å². The summed E-state index contributed by atoms with van der Waals surface area (Å²) in [4.78, 5) is 8.72. The molecule has 164 valence electrons. The van der Waals surface area contributed by atoms with Crippen molar-refractivity contribution in [1.82, 2.24) is 9.97 Å². The van der Waals surface area contributed by atoms with Gasteiger partial charge in [0.15, 0.2) is 0 Å². The van der Waals surface area contributed by atoms with Crippen molar-refractivity contribution in [2.45, 2.75) is 51.2 Å². The summed E-state index contributed by atoms with van der Waals surface area (Å²) >= 11 is 0. The van der Waals surface area contributed by atoms with Gasteiger partial charge in [0.05, 0.1) is 11.7 Å². The van der Waals surface area contributed by atoms with E-state index in [0.29, 0.717) is 40.3 Å². The molecule has 0 radical (unpaired) electrons. The molecule has 5 rings (SSSR count). The lowest BCUT2D eigenvalue weighted by molar-refractivity contribution is 0.0522. The zero-order valence-corrected chi connectivity index (χ0v) is 17.9. The monoisotopic (exact) mass is 432 g/mol. The van der Waals surface area contributed by atoms with Gasteiger partial charge in [-0.15, -0.1) is 0 Å². The number of nitrogens with zero attached hydrogens (tertiary/aromatic N) is 2. The number of hydrogen-bond donors (Lipinski definition) is 1. The summed E-state index contributed by atoms with van der Waals surface area (Å²) < 4.78 is 27.1. The van der Waals surface area contributed by atoms with Crippen molar-refractivity contribution in [3.8, 4) is 28.3 Å². The molecule has 1 aliphatic carbocycles. The van der Waals surface area contributed by atoms with Crippen molar-refractivity contribution in [3.63, 3.8) is 0 Å². The van der Waals surface area contributed by atoms with Crippen LogP contribution < -0.4 is 4.74 Å². The highest BCUT2D eigenvalue weighted by atomic mass is 19.1. The summed E-state index contributed by atoms with van der Waals surface area (Å²) in [5, 5.41) is 10.7. The molecule has 0 aliphatic heterocycles. The van der Waals surface area contributed by atoms with Crippen LogP contribution >= 0.6 is 0 Å². The molecular weight excluding hydrogens is 407 g/mol. The van der Waals surface area contributed by atoms with E-state index >= 15 is 0 Å². The van der Waals surface area contributed by atoms with Crippen LogP contribution in [0.5, 0.6) is 5.88 Å². The maximum Gasteiger partial charge on any atom is 0.234 e. The zero-order chi connectivity index (χ0) is 22.1. The van der Waals surface area contributed by atoms with E-state index in [4.69, 9.17) is 9.15 Å². The number of ether oxygens (including phenoxy) is 1. The van der Waals surface area contributed by atoms with Gasteiger partial charge in [0.25, 0.3) is 0 Å². The topological polar surface area (TPSA) is 68.4 Å². The Morgan fingerprint density at radius 1 is 1.09 bits per heavy atom. The fraction of sp³-hybridized carbons (Fsp3) is 0.308. The Bertz CT molecular complexity index is 1240. The lowest BCUT2D eigenvalue weighted by Crippen LogP contribution is -2.28. The molecule has 0 spiro atoms. The first-order valence-corrected chi connectivity index (χ1v) is 11.1. The van der Waals surface area contributed by atoms with E-state index in [0.717, 1.165) is 31.2 Å². The molecule has 2 heterocycles. The quantitative estimate of drug-likeness (QED) is 0.423. The first-order chi connectivity index (χ1) is 15.6. The molecule has 0 saturated heterocycles. The molecule has 32 heavy (non-hydrogen) atoms. The summed E-state index contributed by atoms with van der Waals surface area (Å²) in [5.41, 5.74) is 3.50. The Morgan fingerprint density at radius 3 is 2.66 bits per heavy atom. The lowest BCUT2D eigenvalue weighted by Gasteiger charge is -2.26. The van der Waals surface area contributed by atoms with E-state index in [2.05, 4.69) is 29.0 Å². The van der Waals surface area contributed by atoms with Crippen LogP contribution in [0.2, 0.25) is 0 Å². The number of rotatable bonds is 5. The highest BCUT2D eigenvalue weighted by molar-refractivity contribution is 6.03. The highest BCUT2D eigenvalue weighted by Crippen LogP contribution is 2.44. The Morgan fingerprint density at radius 2 is 1.91 bits per heavy atom. The minimum absolute atomic E-state index is 0.140. The minimum Gasteiger partial charge on any atom is -0.474 e. The van der Waals surface area contributed by atoms with Crippen LogP contribution in [0.3, 0.4) is 0 Å². The molecule has 5 nitrogen and oxygen atoms in total. The molecule has 0 bridgehead atoms. The van der Waals surface area contributed by atoms with Gasteiger partial charge in [-0.25, -0.2) is 14.4 Å². The van der Waals surface area contributed by atoms with Crippen LogP contribution in [-0.4, -0.2) is 27.3 Å². The molecule has 0 amide bonds. The molecule has 1 fully saturated rings. The van der Waals surface area contributed by atoms with Crippen molar-refractivity contribution >= 4 is 11.1 Å². The second kappa shape index (κ2) is 8.71. The molecule has 1 N–H and O–H groups in total. The van der Waals surface area contributed by atoms with Gasteiger partial charge in [-0.05, 0) is 48.9 Å². The van der Waals surface area contributed by atoms with Crippen LogP contribution in [0, 0.1) is 5.82 Å². The number of aliphatic hydroxyl groups excluding tert-OH is 1. The first kappa shape index (κ1) is 20.6. The Kier molecular flexibility index (Phi) is 5.62. The van der Waals surface area contributed by atoms with Crippen molar-refractivity contribution in [3.05, 3.63) is 66.2 Å². The van der Waals surface area contributed by atoms with Crippen molar-refractivity contribution < 1.29 is 18.7 Å². The number of furan rings is 1. The number of aryl methyl sites for hydroxylation is 1. The van der Waals surface area contributed by atoms with Gasteiger partial charge in [0.2, 0.25) is 11.6 Å². The Hall–Kier alpha value is -3.25. The summed E-state index contributed by atoms with van der Waals surface area (Å²) in [6, 6.07) is 14.7. The fourth-order valence-electron chi connectivity index (χ4n) is 4.40. The SMILES string of the molecule is CCc1ccc(-c2c(-c3ccccc3F)oc3ncnc(O[C@H]4CCC[C@@H](O)C4)c23)cc1. The molecule has 2 aromatic heterocycles. The maximum absolute atomic E-state index is 14.8. The largest absolute Gasteiger partial charge is 0.474 e. The molecular formula is C26H25FN2O3. The lowest BCUT2D eigenvalue weighted by atomic mass is 9.95. The van der Waals surface area contributed by atoms with Crippen molar-refractivity contribution in [2.75, 3.05) is 0 Å². The molecule has 2 atom stereocenters. The van der Waals surface area contributed by atoms with E-state index in [-0.39, 0.29) is 18.0 Å². The normalized spacial score (nSPS) is 18.7. The second-order valence-electron chi connectivity index (χ2n) is 8.26.